The van der Waals surface area contributed by atoms with Gasteiger partial charge in [-0.15, -0.1) is 0 Å². The molecule has 0 aliphatic carbocycles. The SMILES string of the molecule is CCOc1c(O)ccc(N)c1C. The van der Waals surface area contributed by atoms with Crippen LogP contribution in [0.3, 0.4) is 0 Å². The van der Waals surface area contributed by atoms with Gasteiger partial charge < -0.3 is 15.6 Å². The molecule has 0 aliphatic rings. The van der Waals surface area contributed by atoms with Crippen LogP contribution in [0, 0.1) is 6.92 Å². The number of phenolic OH excluding ortho intramolecular Hbond substituents is 1. The standard InChI is InChI=1S/C9H13NO2/c1-3-12-9-6(2)7(10)4-5-8(9)11/h4-5,11H,3,10H2,1-2H3. The fraction of sp³-hybridized carbons (Fsp3) is 0.333. The lowest BCUT2D eigenvalue weighted by atomic mass is 10.1. The summed E-state index contributed by atoms with van der Waals surface area (Å²) in [5.74, 6) is 0.626. The van der Waals surface area contributed by atoms with Crippen molar-refractivity contribution in [3.8, 4) is 11.5 Å². The van der Waals surface area contributed by atoms with Crippen LogP contribution in [0.4, 0.5) is 5.69 Å². The van der Waals surface area contributed by atoms with Crippen molar-refractivity contribution in [3.05, 3.63) is 17.7 Å². The average Bonchev–Trinajstić information content (AvgIpc) is 2.06. The first-order valence-electron chi connectivity index (χ1n) is 3.87. The number of nitrogens with two attached hydrogens (primary N) is 1. The van der Waals surface area contributed by atoms with Crippen molar-refractivity contribution in [1.82, 2.24) is 0 Å². The van der Waals surface area contributed by atoms with E-state index in [9.17, 15) is 5.11 Å². The Hall–Kier alpha value is -1.38. The molecular weight excluding hydrogens is 154 g/mol. The van der Waals surface area contributed by atoms with Gasteiger partial charge in [-0.05, 0) is 26.0 Å². The van der Waals surface area contributed by atoms with Gasteiger partial charge in [0.15, 0.2) is 11.5 Å². The molecule has 0 fully saturated rings. The van der Waals surface area contributed by atoms with Crippen LogP contribution < -0.4 is 10.5 Å². The van der Waals surface area contributed by atoms with Crippen LogP contribution in [0.5, 0.6) is 11.5 Å². The summed E-state index contributed by atoms with van der Waals surface area (Å²) in [6, 6.07) is 3.19. The lowest BCUT2D eigenvalue weighted by Crippen LogP contribution is -1.97. The minimum atomic E-state index is 0.142. The van der Waals surface area contributed by atoms with Gasteiger partial charge in [-0.1, -0.05) is 0 Å². The van der Waals surface area contributed by atoms with Gasteiger partial charge in [0.1, 0.15) is 0 Å². The molecule has 0 saturated heterocycles. The van der Waals surface area contributed by atoms with E-state index in [2.05, 4.69) is 0 Å². The largest absolute Gasteiger partial charge is 0.504 e. The fourth-order valence-electron chi connectivity index (χ4n) is 1.02. The third-order valence-corrected chi connectivity index (χ3v) is 1.72. The van der Waals surface area contributed by atoms with Crippen molar-refractivity contribution >= 4 is 5.69 Å². The van der Waals surface area contributed by atoms with Crippen LogP contribution >= 0.6 is 0 Å². The minimum absolute atomic E-state index is 0.142. The zero-order valence-electron chi connectivity index (χ0n) is 7.29. The van der Waals surface area contributed by atoms with Crippen molar-refractivity contribution < 1.29 is 9.84 Å². The van der Waals surface area contributed by atoms with Crippen LogP contribution in [0.15, 0.2) is 12.1 Å². The minimum Gasteiger partial charge on any atom is -0.504 e. The van der Waals surface area contributed by atoms with Crippen LogP contribution in [0.25, 0.3) is 0 Å². The zero-order chi connectivity index (χ0) is 9.14. The highest BCUT2D eigenvalue weighted by molar-refractivity contribution is 5.59. The second-order valence-corrected chi connectivity index (χ2v) is 2.56. The highest BCUT2D eigenvalue weighted by Gasteiger charge is 2.07. The molecule has 0 amide bonds. The molecule has 12 heavy (non-hydrogen) atoms. The molecule has 0 bridgehead atoms. The zero-order valence-corrected chi connectivity index (χ0v) is 7.29. The van der Waals surface area contributed by atoms with E-state index in [-0.39, 0.29) is 5.75 Å². The second-order valence-electron chi connectivity index (χ2n) is 2.56. The number of hydrogen-bond donors (Lipinski definition) is 2. The van der Waals surface area contributed by atoms with E-state index in [4.69, 9.17) is 10.5 Å². The maximum atomic E-state index is 9.37. The molecule has 0 spiro atoms. The van der Waals surface area contributed by atoms with Crippen molar-refractivity contribution in [1.29, 1.82) is 0 Å². The second kappa shape index (κ2) is 3.34. The Morgan fingerprint density at radius 3 is 2.75 bits per heavy atom. The molecular formula is C9H13NO2. The maximum Gasteiger partial charge on any atom is 0.165 e. The first-order chi connectivity index (χ1) is 5.66. The van der Waals surface area contributed by atoms with Gasteiger partial charge in [0, 0.05) is 11.3 Å². The molecule has 1 aromatic rings. The van der Waals surface area contributed by atoms with Crippen LogP contribution in [-0.4, -0.2) is 11.7 Å². The Bertz CT molecular complexity index is 284. The number of rotatable bonds is 2. The van der Waals surface area contributed by atoms with Crippen molar-refractivity contribution in [2.45, 2.75) is 13.8 Å². The molecule has 0 aliphatic heterocycles. The number of phenols is 1. The highest BCUT2D eigenvalue weighted by Crippen LogP contribution is 2.33. The molecule has 1 aromatic carbocycles. The topological polar surface area (TPSA) is 55.5 Å². The summed E-state index contributed by atoms with van der Waals surface area (Å²) < 4.78 is 5.22. The number of hydrogen-bond acceptors (Lipinski definition) is 3. The Morgan fingerprint density at radius 1 is 1.50 bits per heavy atom. The van der Waals surface area contributed by atoms with Gasteiger partial charge in [-0.2, -0.15) is 0 Å². The molecule has 0 radical (unpaired) electrons. The number of benzene rings is 1. The summed E-state index contributed by atoms with van der Waals surface area (Å²) in [4.78, 5) is 0. The normalized spacial score (nSPS) is 9.83. The first kappa shape index (κ1) is 8.71. The highest BCUT2D eigenvalue weighted by atomic mass is 16.5. The third kappa shape index (κ3) is 1.44. The molecule has 0 aromatic heterocycles. The molecule has 3 nitrogen and oxygen atoms in total. The van der Waals surface area contributed by atoms with Crippen LogP contribution in [-0.2, 0) is 0 Å². The van der Waals surface area contributed by atoms with Gasteiger partial charge in [-0.3, -0.25) is 0 Å². The Balaban J connectivity index is 3.14. The van der Waals surface area contributed by atoms with Crippen molar-refractivity contribution in [2.75, 3.05) is 12.3 Å². The van der Waals surface area contributed by atoms with E-state index >= 15 is 0 Å². The van der Waals surface area contributed by atoms with E-state index in [1.165, 1.54) is 6.07 Å². The Morgan fingerprint density at radius 2 is 2.17 bits per heavy atom. The summed E-state index contributed by atoms with van der Waals surface area (Å²) >= 11 is 0. The summed E-state index contributed by atoms with van der Waals surface area (Å²) in [6.07, 6.45) is 0. The molecule has 3 N–H and O–H groups in total. The van der Waals surface area contributed by atoms with E-state index in [1.807, 2.05) is 13.8 Å². The number of nitrogen functional groups attached to an aromatic ring is 1. The molecule has 0 heterocycles. The van der Waals surface area contributed by atoms with E-state index in [1.54, 1.807) is 6.07 Å². The molecule has 0 saturated carbocycles. The fourth-order valence-corrected chi connectivity index (χ4v) is 1.02. The summed E-state index contributed by atoms with van der Waals surface area (Å²) in [5, 5.41) is 9.37. The van der Waals surface area contributed by atoms with Crippen molar-refractivity contribution in [2.24, 2.45) is 0 Å². The third-order valence-electron chi connectivity index (χ3n) is 1.72. The first-order valence-corrected chi connectivity index (χ1v) is 3.87. The van der Waals surface area contributed by atoms with E-state index < -0.39 is 0 Å². The predicted molar refractivity (Wildman–Crippen MR) is 48.4 cm³/mol. The van der Waals surface area contributed by atoms with Gasteiger partial charge in [0.25, 0.3) is 0 Å². The van der Waals surface area contributed by atoms with Gasteiger partial charge in [0.05, 0.1) is 6.61 Å². The summed E-state index contributed by atoms with van der Waals surface area (Å²) in [6.45, 7) is 4.21. The van der Waals surface area contributed by atoms with Crippen molar-refractivity contribution in [3.63, 3.8) is 0 Å². The lowest BCUT2D eigenvalue weighted by Gasteiger charge is -2.10. The lowest BCUT2D eigenvalue weighted by molar-refractivity contribution is 0.316. The van der Waals surface area contributed by atoms with Gasteiger partial charge >= 0.3 is 0 Å². The molecule has 0 unspecified atom stereocenters. The number of aromatic hydroxyl groups is 1. The predicted octanol–water partition coefficient (Wildman–Crippen LogP) is 1.68. The van der Waals surface area contributed by atoms with Crippen LogP contribution in [0.2, 0.25) is 0 Å². The smallest absolute Gasteiger partial charge is 0.165 e. The van der Waals surface area contributed by atoms with Gasteiger partial charge in [-0.25, -0.2) is 0 Å². The molecule has 66 valence electrons. The van der Waals surface area contributed by atoms with Gasteiger partial charge in [0.2, 0.25) is 0 Å². The molecule has 3 heteroatoms. The number of ether oxygens (including phenoxy) is 1. The Labute approximate surface area is 71.8 Å². The average molecular weight is 167 g/mol. The van der Waals surface area contributed by atoms with Crippen LogP contribution in [0.1, 0.15) is 12.5 Å². The Kier molecular flexibility index (Phi) is 2.43. The number of anilines is 1. The summed E-state index contributed by atoms with van der Waals surface area (Å²) in [7, 11) is 0. The van der Waals surface area contributed by atoms with E-state index in [0.717, 1.165) is 5.56 Å². The molecule has 0 atom stereocenters. The monoisotopic (exact) mass is 167 g/mol. The van der Waals surface area contributed by atoms with E-state index in [0.29, 0.717) is 18.0 Å². The quantitative estimate of drug-likeness (QED) is 0.520. The summed E-state index contributed by atoms with van der Waals surface area (Å²) in [5.41, 5.74) is 7.05. The molecule has 1 rings (SSSR count). The maximum absolute atomic E-state index is 9.37.